The van der Waals surface area contributed by atoms with Crippen LogP contribution in [-0.4, -0.2) is 24.0 Å². The lowest BCUT2D eigenvalue weighted by molar-refractivity contribution is -0.131. The number of amides is 1. The first-order valence-corrected chi connectivity index (χ1v) is 7.21. The second-order valence-corrected chi connectivity index (χ2v) is 5.44. The topological polar surface area (TPSA) is 57.6 Å². The summed E-state index contributed by atoms with van der Waals surface area (Å²) in [6.07, 6.45) is 2.48. The summed E-state index contributed by atoms with van der Waals surface area (Å²) >= 11 is 1.30. The molecule has 1 N–H and O–H groups in total. The van der Waals surface area contributed by atoms with E-state index in [1.165, 1.54) is 17.4 Å². The minimum atomic E-state index is -1.04. The van der Waals surface area contributed by atoms with Crippen molar-refractivity contribution in [2.24, 2.45) is 0 Å². The molecule has 2 aromatic rings. The lowest BCUT2D eigenvalue weighted by atomic mass is 10.1. The fourth-order valence-corrected chi connectivity index (χ4v) is 2.85. The number of benzene rings is 1. The Hall–Kier alpha value is -2.40. The van der Waals surface area contributed by atoms with Gasteiger partial charge in [0.1, 0.15) is 0 Å². The van der Waals surface area contributed by atoms with Crippen molar-refractivity contribution in [1.29, 1.82) is 0 Å². The average Bonchev–Trinajstić information content (AvgIpc) is 2.92. The van der Waals surface area contributed by atoms with Crippen LogP contribution in [0.4, 0.5) is 5.69 Å². The molecule has 0 spiro atoms. The van der Waals surface area contributed by atoms with Crippen molar-refractivity contribution in [3.05, 3.63) is 57.8 Å². The Balaban J connectivity index is 2.31. The van der Waals surface area contributed by atoms with Crippen molar-refractivity contribution < 1.29 is 14.7 Å². The normalized spacial score (nSPS) is 10.8. The maximum Gasteiger partial charge on any atom is 0.328 e. The van der Waals surface area contributed by atoms with E-state index in [0.29, 0.717) is 10.4 Å². The molecule has 0 bridgehead atoms. The molecule has 0 unspecified atom stereocenters. The van der Waals surface area contributed by atoms with Crippen molar-refractivity contribution in [3.63, 3.8) is 0 Å². The van der Waals surface area contributed by atoms with Gasteiger partial charge in [0.05, 0.1) is 4.88 Å². The number of aliphatic carboxylic acids is 1. The van der Waals surface area contributed by atoms with Crippen LogP contribution in [-0.2, 0) is 4.79 Å². The Kier molecular flexibility index (Phi) is 4.55. The van der Waals surface area contributed by atoms with Gasteiger partial charge in [-0.3, -0.25) is 4.79 Å². The molecule has 0 radical (unpaired) electrons. The molecule has 5 heteroatoms. The van der Waals surface area contributed by atoms with Gasteiger partial charge in [0.25, 0.3) is 5.91 Å². The summed E-state index contributed by atoms with van der Waals surface area (Å²) in [6.45, 7) is 1.94. The first-order chi connectivity index (χ1) is 10.0. The molecule has 1 aromatic heterocycles. The van der Waals surface area contributed by atoms with Crippen LogP contribution in [0.5, 0.6) is 0 Å². The summed E-state index contributed by atoms with van der Waals surface area (Å²) in [5.74, 6) is -1.18. The quantitative estimate of drug-likeness (QED) is 0.880. The molecule has 1 amide bonds. The third-order valence-corrected chi connectivity index (χ3v) is 4.00. The number of hydrogen-bond donors (Lipinski definition) is 1. The van der Waals surface area contributed by atoms with E-state index in [1.54, 1.807) is 23.4 Å². The number of thiophene rings is 1. The molecular formula is C16H15NO3S. The second kappa shape index (κ2) is 6.37. The smallest absolute Gasteiger partial charge is 0.328 e. The van der Waals surface area contributed by atoms with E-state index in [0.717, 1.165) is 17.3 Å². The molecule has 1 aromatic carbocycles. The van der Waals surface area contributed by atoms with E-state index in [9.17, 15) is 9.59 Å². The van der Waals surface area contributed by atoms with Crippen LogP contribution in [0.15, 0.2) is 41.8 Å². The highest BCUT2D eigenvalue weighted by Gasteiger charge is 2.18. The van der Waals surface area contributed by atoms with Crippen molar-refractivity contribution in [3.8, 4) is 0 Å². The third-order valence-electron chi connectivity index (χ3n) is 3.08. The largest absolute Gasteiger partial charge is 0.478 e. The molecule has 21 heavy (non-hydrogen) atoms. The van der Waals surface area contributed by atoms with Crippen LogP contribution in [0.25, 0.3) is 6.08 Å². The van der Waals surface area contributed by atoms with Crippen LogP contribution in [0.2, 0.25) is 0 Å². The molecule has 0 aliphatic carbocycles. The SMILES string of the molecule is Cc1ccccc1N(C)C(=O)c1sccc1C=CC(=O)O. The Labute approximate surface area is 127 Å². The predicted octanol–water partition coefficient (Wildman–Crippen LogP) is 3.43. The summed E-state index contributed by atoms with van der Waals surface area (Å²) < 4.78 is 0. The van der Waals surface area contributed by atoms with Crippen LogP contribution < -0.4 is 4.90 Å². The van der Waals surface area contributed by atoms with E-state index in [4.69, 9.17) is 5.11 Å². The number of anilines is 1. The first-order valence-electron chi connectivity index (χ1n) is 6.33. The Morgan fingerprint density at radius 1 is 1.24 bits per heavy atom. The number of para-hydroxylation sites is 1. The van der Waals surface area contributed by atoms with E-state index in [2.05, 4.69) is 0 Å². The number of hydrogen-bond acceptors (Lipinski definition) is 3. The van der Waals surface area contributed by atoms with Gasteiger partial charge in [0, 0.05) is 18.8 Å². The molecule has 4 nitrogen and oxygen atoms in total. The molecular weight excluding hydrogens is 286 g/mol. The maximum absolute atomic E-state index is 12.6. The van der Waals surface area contributed by atoms with Crippen molar-refractivity contribution >= 4 is 35.0 Å². The van der Waals surface area contributed by atoms with Gasteiger partial charge in [0.15, 0.2) is 0 Å². The van der Waals surface area contributed by atoms with Gasteiger partial charge in [-0.2, -0.15) is 0 Å². The van der Waals surface area contributed by atoms with Gasteiger partial charge in [-0.25, -0.2) is 4.79 Å². The van der Waals surface area contributed by atoms with Crippen LogP contribution in [0, 0.1) is 6.92 Å². The number of carboxylic acids is 1. The van der Waals surface area contributed by atoms with E-state index in [1.807, 2.05) is 31.2 Å². The highest BCUT2D eigenvalue weighted by molar-refractivity contribution is 7.12. The summed E-state index contributed by atoms with van der Waals surface area (Å²) in [6, 6.07) is 9.37. The van der Waals surface area contributed by atoms with Gasteiger partial charge in [0.2, 0.25) is 0 Å². The average molecular weight is 301 g/mol. The molecule has 0 atom stereocenters. The zero-order valence-electron chi connectivity index (χ0n) is 11.7. The zero-order chi connectivity index (χ0) is 15.4. The highest BCUT2D eigenvalue weighted by atomic mass is 32.1. The third kappa shape index (κ3) is 3.38. The summed E-state index contributed by atoms with van der Waals surface area (Å²) in [7, 11) is 1.72. The van der Waals surface area contributed by atoms with Gasteiger partial charge >= 0.3 is 5.97 Å². The molecule has 1 heterocycles. The molecule has 0 fully saturated rings. The summed E-state index contributed by atoms with van der Waals surface area (Å²) in [4.78, 5) is 25.3. The van der Waals surface area contributed by atoms with E-state index >= 15 is 0 Å². The maximum atomic E-state index is 12.6. The van der Waals surface area contributed by atoms with Crippen molar-refractivity contribution in [2.75, 3.05) is 11.9 Å². The molecule has 2 rings (SSSR count). The van der Waals surface area contributed by atoms with Crippen LogP contribution in [0.3, 0.4) is 0 Å². The standard InChI is InChI=1S/C16H15NO3S/c1-11-5-3-4-6-13(11)17(2)16(20)15-12(9-10-21-15)7-8-14(18)19/h3-10H,1-2H3,(H,18,19). The molecule has 108 valence electrons. The lowest BCUT2D eigenvalue weighted by Gasteiger charge is -2.19. The lowest BCUT2D eigenvalue weighted by Crippen LogP contribution is -2.26. The predicted molar refractivity (Wildman–Crippen MR) is 84.9 cm³/mol. The summed E-state index contributed by atoms with van der Waals surface area (Å²) in [5.41, 5.74) is 2.46. The minimum absolute atomic E-state index is 0.149. The van der Waals surface area contributed by atoms with Gasteiger partial charge in [-0.15, -0.1) is 11.3 Å². The number of carboxylic acid groups (broad SMARTS) is 1. The Morgan fingerprint density at radius 3 is 2.62 bits per heavy atom. The van der Waals surface area contributed by atoms with Crippen LogP contribution >= 0.6 is 11.3 Å². The van der Waals surface area contributed by atoms with Crippen molar-refractivity contribution in [1.82, 2.24) is 0 Å². The number of carbonyl (C=O) groups excluding carboxylic acids is 1. The fraction of sp³-hybridized carbons (Fsp3) is 0.125. The van der Waals surface area contributed by atoms with Crippen molar-refractivity contribution in [2.45, 2.75) is 6.92 Å². The minimum Gasteiger partial charge on any atom is -0.478 e. The number of carbonyl (C=O) groups is 2. The number of nitrogens with zero attached hydrogens (tertiary/aromatic N) is 1. The fourth-order valence-electron chi connectivity index (χ4n) is 1.99. The Bertz CT molecular complexity index is 703. The van der Waals surface area contributed by atoms with E-state index < -0.39 is 5.97 Å². The molecule has 0 aliphatic heterocycles. The monoisotopic (exact) mass is 301 g/mol. The van der Waals surface area contributed by atoms with Gasteiger partial charge in [-0.05, 0) is 41.6 Å². The zero-order valence-corrected chi connectivity index (χ0v) is 12.6. The van der Waals surface area contributed by atoms with Gasteiger partial charge < -0.3 is 10.0 Å². The highest BCUT2D eigenvalue weighted by Crippen LogP contribution is 2.25. The molecule has 0 saturated carbocycles. The first kappa shape index (κ1) is 15.0. The number of aryl methyl sites for hydroxylation is 1. The second-order valence-electron chi connectivity index (χ2n) is 4.53. The van der Waals surface area contributed by atoms with Gasteiger partial charge in [-0.1, -0.05) is 18.2 Å². The molecule has 0 aliphatic rings. The number of rotatable bonds is 4. The van der Waals surface area contributed by atoms with Crippen LogP contribution in [0.1, 0.15) is 20.8 Å². The Morgan fingerprint density at radius 2 is 1.95 bits per heavy atom. The molecule has 0 saturated heterocycles. The van der Waals surface area contributed by atoms with E-state index in [-0.39, 0.29) is 5.91 Å². The summed E-state index contributed by atoms with van der Waals surface area (Å²) in [5, 5.41) is 10.5.